The first-order valence-electron chi connectivity index (χ1n) is 8.09. The standard InChI is InChI=1S/C20H18ClN2O3/c1-26-20-7-4-18(21)13-17(20)14-22-10-8-16(9-11-22)12-15-2-5-19(6-3-15)23(24)25/h2-11,13H,12,14H2,1H3/q+1. The number of rotatable bonds is 6. The van der Waals surface area contributed by atoms with E-state index in [-0.39, 0.29) is 10.6 Å². The maximum absolute atomic E-state index is 10.7. The molecule has 6 heteroatoms. The van der Waals surface area contributed by atoms with Crippen LogP contribution in [-0.2, 0) is 13.0 Å². The Morgan fingerprint density at radius 2 is 1.69 bits per heavy atom. The van der Waals surface area contributed by atoms with Gasteiger partial charge in [-0.3, -0.25) is 10.1 Å². The van der Waals surface area contributed by atoms with Gasteiger partial charge in [-0.25, -0.2) is 4.57 Å². The van der Waals surface area contributed by atoms with Crippen molar-refractivity contribution in [3.05, 3.63) is 98.8 Å². The predicted octanol–water partition coefficient (Wildman–Crippen LogP) is 4.18. The second-order valence-corrected chi connectivity index (χ2v) is 6.37. The van der Waals surface area contributed by atoms with Gasteiger partial charge in [0.2, 0.25) is 0 Å². The van der Waals surface area contributed by atoms with Gasteiger partial charge in [-0.05, 0) is 35.7 Å². The number of non-ortho nitro benzene ring substituents is 1. The summed E-state index contributed by atoms with van der Waals surface area (Å²) in [7, 11) is 1.64. The largest absolute Gasteiger partial charge is 0.496 e. The molecule has 132 valence electrons. The van der Waals surface area contributed by atoms with Gasteiger partial charge in [0, 0.05) is 29.3 Å². The normalized spacial score (nSPS) is 10.5. The highest BCUT2D eigenvalue weighted by Gasteiger charge is 2.10. The van der Waals surface area contributed by atoms with E-state index in [9.17, 15) is 10.1 Å². The summed E-state index contributed by atoms with van der Waals surface area (Å²) in [4.78, 5) is 10.3. The Kier molecular flexibility index (Phi) is 5.49. The number of nitrogens with zero attached hydrogens (tertiary/aromatic N) is 2. The number of halogens is 1. The Morgan fingerprint density at radius 3 is 2.31 bits per heavy atom. The number of aromatic nitrogens is 1. The Hall–Kier alpha value is -2.92. The smallest absolute Gasteiger partial charge is 0.269 e. The van der Waals surface area contributed by atoms with Crippen LogP contribution in [0.15, 0.2) is 67.0 Å². The van der Waals surface area contributed by atoms with Gasteiger partial charge in [-0.15, -0.1) is 0 Å². The highest BCUT2D eigenvalue weighted by Crippen LogP contribution is 2.22. The second kappa shape index (κ2) is 7.97. The highest BCUT2D eigenvalue weighted by atomic mass is 35.5. The molecule has 0 fully saturated rings. The predicted molar refractivity (Wildman–Crippen MR) is 99.6 cm³/mol. The molecule has 26 heavy (non-hydrogen) atoms. The topological polar surface area (TPSA) is 56.2 Å². The van der Waals surface area contributed by atoms with Crippen molar-refractivity contribution in [2.45, 2.75) is 13.0 Å². The van der Waals surface area contributed by atoms with Gasteiger partial charge in [0.1, 0.15) is 5.75 Å². The van der Waals surface area contributed by atoms with Crippen LogP contribution in [0.3, 0.4) is 0 Å². The number of hydrogen-bond acceptors (Lipinski definition) is 3. The number of pyridine rings is 1. The van der Waals surface area contributed by atoms with Crippen LogP contribution in [0.25, 0.3) is 0 Å². The Balaban J connectivity index is 1.70. The van der Waals surface area contributed by atoms with Gasteiger partial charge >= 0.3 is 0 Å². The quantitative estimate of drug-likeness (QED) is 0.372. The van der Waals surface area contributed by atoms with Gasteiger partial charge in [0.05, 0.1) is 17.6 Å². The summed E-state index contributed by atoms with van der Waals surface area (Å²) < 4.78 is 7.43. The average Bonchev–Trinajstić information content (AvgIpc) is 2.64. The van der Waals surface area contributed by atoms with Gasteiger partial charge < -0.3 is 4.74 Å². The fourth-order valence-electron chi connectivity index (χ4n) is 2.75. The first-order valence-corrected chi connectivity index (χ1v) is 8.46. The lowest BCUT2D eigenvalue weighted by Gasteiger charge is -2.07. The van der Waals surface area contributed by atoms with Crippen molar-refractivity contribution in [1.29, 1.82) is 0 Å². The molecule has 1 heterocycles. The molecule has 0 bridgehead atoms. The van der Waals surface area contributed by atoms with Crippen molar-refractivity contribution in [1.82, 2.24) is 0 Å². The molecule has 0 spiro atoms. The molecule has 0 saturated heterocycles. The number of nitro benzene ring substituents is 1. The van der Waals surface area contributed by atoms with E-state index in [2.05, 4.69) is 0 Å². The third kappa shape index (κ3) is 4.37. The van der Waals surface area contributed by atoms with Crippen LogP contribution in [0, 0.1) is 10.1 Å². The average molecular weight is 370 g/mol. The van der Waals surface area contributed by atoms with Crippen molar-refractivity contribution < 1.29 is 14.2 Å². The molecule has 0 atom stereocenters. The highest BCUT2D eigenvalue weighted by molar-refractivity contribution is 6.30. The molecule has 0 N–H and O–H groups in total. The number of hydrogen-bond donors (Lipinski definition) is 0. The Bertz CT molecular complexity index is 909. The van der Waals surface area contributed by atoms with Crippen LogP contribution in [0.1, 0.15) is 16.7 Å². The fourth-order valence-corrected chi connectivity index (χ4v) is 2.94. The van der Waals surface area contributed by atoms with Crippen LogP contribution >= 0.6 is 11.6 Å². The minimum absolute atomic E-state index is 0.107. The molecule has 0 aliphatic rings. The minimum Gasteiger partial charge on any atom is -0.496 e. The van der Waals surface area contributed by atoms with Gasteiger partial charge in [-0.1, -0.05) is 23.7 Å². The number of ether oxygens (including phenoxy) is 1. The molecule has 0 saturated carbocycles. The van der Waals surface area contributed by atoms with Crippen LogP contribution in [0.4, 0.5) is 5.69 Å². The zero-order valence-electron chi connectivity index (χ0n) is 14.3. The minimum atomic E-state index is -0.390. The van der Waals surface area contributed by atoms with Crippen LogP contribution in [0.5, 0.6) is 5.75 Å². The van der Waals surface area contributed by atoms with E-state index in [1.807, 2.05) is 47.3 Å². The number of benzene rings is 2. The SMILES string of the molecule is COc1ccc(Cl)cc1C[n+]1ccc(Cc2ccc([N+](=O)[O-])cc2)cc1. The zero-order valence-corrected chi connectivity index (χ0v) is 15.0. The molecule has 0 unspecified atom stereocenters. The van der Waals surface area contributed by atoms with E-state index >= 15 is 0 Å². The lowest BCUT2D eigenvalue weighted by Crippen LogP contribution is -2.33. The third-order valence-electron chi connectivity index (χ3n) is 4.11. The summed E-state index contributed by atoms with van der Waals surface area (Å²) in [6, 6.07) is 16.3. The van der Waals surface area contributed by atoms with E-state index in [1.54, 1.807) is 19.2 Å². The van der Waals surface area contributed by atoms with Gasteiger partial charge in [0.15, 0.2) is 18.9 Å². The van der Waals surface area contributed by atoms with Crippen molar-refractivity contribution in [3.8, 4) is 5.75 Å². The Labute approximate surface area is 156 Å². The molecule has 1 aromatic heterocycles. The number of methoxy groups -OCH3 is 1. The summed E-state index contributed by atoms with van der Waals surface area (Å²) >= 11 is 6.08. The molecular formula is C20H18ClN2O3+. The molecule has 0 amide bonds. The van der Waals surface area contributed by atoms with E-state index < -0.39 is 0 Å². The molecule has 0 radical (unpaired) electrons. The maximum atomic E-state index is 10.7. The first kappa shape index (κ1) is 17.9. The van der Waals surface area contributed by atoms with E-state index in [4.69, 9.17) is 16.3 Å². The van der Waals surface area contributed by atoms with Crippen molar-refractivity contribution in [3.63, 3.8) is 0 Å². The molecule has 0 aliphatic heterocycles. The third-order valence-corrected chi connectivity index (χ3v) is 4.35. The summed E-state index contributed by atoms with van der Waals surface area (Å²) in [6.45, 7) is 0.654. The van der Waals surface area contributed by atoms with Crippen molar-refractivity contribution in [2.75, 3.05) is 7.11 Å². The molecule has 5 nitrogen and oxygen atoms in total. The summed E-state index contributed by atoms with van der Waals surface area (Å²) in [5, 5.41) is 11.4. The fraction of sp³-hybridized carbons (Fsp3) is 0.150. The maximum Gasteiger partial charge on any atom is 0.269 e. The second-order valence-electron chi connectivity index (χ2n) is 5.94. The lowest BCUT2D eigenvalue weighted by molar-refractivity contribution is -0.688. The molecular weight excluding hydrogens is 352 g/mol. The first-order chi connectivity index (χ1) is 12.5. The van der Waals surface area contributed by atoms with Gasteiger partial charge in [0.25, 0.3) is 5.69 Å². The van der Waals surface area contributed by atoms with E-state index in [1.165, 1.54) is 12.1 Å². The van der Waals surface area contributed by atoms with Crippen LogP contribution in [0.2, 0.25) is 5.02 Å². The molecule has 0 aliphatic carbocycles. The summed E-state index contributed by atoms with van der Waals surface area (Å²) in [6.07, 6.45) is 4.72. The molecule has 3 aromatic rings. The van der Waals surface area contributed by atoms with Crippen molar-refractivity contribution >= 4 is 17.3 Å². The zero-order chi connectivity index (χ0) is 18.5. The van der Waals surface area contributed by atoms with E-state index in [0.717, 1.165) is 28.9 Å². The Morgan fingerprint density at radius 1 is 1.04 bits per heavy atom. The van der Waals surface area contributed by atoms with Crippen LogP contribution < -0.4 is 9.30 Å². The lowest BCUT2D eigenvalue weighted by atomic mass is 10.1. The van der Waals surface area contributed by atoms with Gasteiger partial charge in [-0.2, -0.15) is 0 Å². The summed E-state index contributed by atoms with van der Waals surface area (Å²) in [5.74, 6) is 0.803. The van der Waals surface area contributed by atoms with Crippen molar-refractivity contribution in [2.24, 2.45) is 0 Å². The number of nitro groups is 1. The molecule has 3 rings (SSSR count). The molecule has 2 aromatic carbocycles. The van der Waals surface area contributed by atoms with E-state index in [0.29, 0.717) is 11.6 Å². The summed E-state index contributed by atoms with van der Waals surface area (Å²) in [5.41, 5.74) is 3.28. The monoisotopic (exact) mass is 369 g/mol. The van der Waals surface area contributed by atoms with Crippen LogP contribution in [-0.4, -0.2) is 12.0 Å².